The summed E-state index contributed by atoms with van der Waals surface area (Å²) in [6, 6.07) is 0. The van der Waals surface area contributed by atoms with Crippen molar-refractivity contribution < 1.29 is 9.53 Å². The summed E-state index contributed by atoms with van der Waals surface area (Å²) in [5.41, 5.74) is 2.63. The molecule has 5 nitrogen and oxygen atoms in total. The summed E-state index contributed by atoms with van der Waals surface area (Å²) >= 11 is 0. The van der Waals surface area contributed by atoms with Crippen LogP contribution in [0.15, 0.2) is 6.20 Å². The Morgan fingerprint density at radius 2 is 2.10 bits per heavy atom. The van der Waals surface area contributed by atoms with Crippen molar-refractivity contribution >= 4 is 11.6 Å². The highest BCUT2D eigenvalue weighted by Gasteiger charge is 2.26. The molecule has 21 heavy (non-hydrogen) atoms. The van der Waals surface area contributed by atoms with Gasteiger partial charge in [-0.05, 0) is 26.2 Å². The van der Waals surface area contributed by atoms with Crippen LogP contribution in [0.25, 0.3) is 5.78 Å². The van der Waals surface area contributed by atoms with Crippen LogP contribution in [-0.2, 0) is 6.42 Å². The SMILES string of the molecule is CCc1c(OC)nc2nc(C(=O)C3CCCC3)cn2c1C. The highest BCUT2D eigenvalue weighted by Crippen LogP contribution is 2.28. The van der Waals surface area contributed by atoms with Crippen LogP contribution in [0.2, 0.25) is 0 Å². The molecule has 1 aliphatic rings. The molecular formula is C16H21N3O2. The Morgan fingerprint density at radius 3 is 2.71 bits per heavy atom. The van der Waals surface area contributed by atoms with Crippen LogP contribution in [-0.4, -0.2) is 27.3 Å². The van der Waals surface area contributed by atoms with Gasteiger partial charge in [0.25, 0.3) is 0 Å². The number of aromatic nitrogens is 3. The molecule has 3 rings (SSSR count). The van der Waals surface area contributed by atoms with E-state index in [1.807, 2.05) is 17.5 Å². The zero-order chi connectivity index (χ0) is 15.0. The van der Waals surface area contributed by atoms with E-state index in [9.17, 15) is 4.79 Å². The van der Waals surface area contributed by atoms with Gasteiger partial charge in [-0.15, -0.1) is 0 Å². The number of fused-ring (bicyclic) bond motifs is 1. The third kappa shape index (κ3) is 2.30. The number of rotatable bonds is 4. The highest BCUT2D eigenvalue weighted by molar-refractivity contribution is 5.96. The van der Waals surface area contributed by atoms with Gasteiger partial charge >= 0.3 is 0 Å². The summed E-state index contributed by atoms with van der Waals surface area (Å²) in [6.45, 7) is 4.08. The van der Waals surface area contributed by atoms with Crippen molar-refractivity contribution in [2.75, 3.05) is 7.11 Å². The fourth-order valence-electron chi connectivity index (χ4n) is 3.25. The summed E-state index contributed by atoms with van der Waals surface area (Å²) in [7, 11) is 1.62. The molecule has 1 saturated carbocycles. The molecule has 0 spiro atoms. The lowest BCUT2D eigenvalue weighted by Gasteiger charge is -2.10. The topological polar surface area (TPSA) is 56.5 Å². The summed E-state index contributed by atoms with van der Waals surface area (Å²) < 4.78 is 7.25. The maximum absolute atomic E-state index is 12.5. The van der Waals surface area contributed by atoms with Gasteiger partial charge in [0.2, 0.25) is 11.7 Å². The number of carbonyl (C=O) groups excluding carboxylic acids is 1. The Hall–Kier alpha value is -1.91. The molecule has 0 saturated heterocycles. The minimum absolute atomic E-state index is 0.141. The zero-order valence-corrected chi connectivity index (χ0v) is 12.8. The van der Waals surface area contributed by atoms with Gasteiger partial charge in [0.05, 0.1) is 7.11 Å². The van der Waals surface area contributed by atoms with Crippen LogP contribution in [0.4, 0.5) is 0 Å². The molecule has 1 fully saturated rings. The van der Waals surface area contributed by atoms with Crippen molar-refractivity contribution in [3.05, 3.63) is 23.1 Å². The Kier molecular flexibility index (Phi) is 3.66. The maximum atomic E-state index is 12.5. The van der Waals surface area contributed by atoms with E-state index in [1.165, 1.54) is 0 Å². The molecule has 0 unspecified atom stereocenters. The Labute approximate surface area is 124 Å². The van der Waals surface area contributed by atoms with Gasteiger partial charge in [-0.3, -0.25) is 9.20 Å². The van der Waals surface area contributed by atoms with Gasteiger partial charge in [0.1, 0.15) is 5.69 Å². The fourth-order valence-corrected chi connectivity index (χ4v) is 3.25. The molecule has 2 aromatic heterocycles. The van der Waals surface area contributed by atoms with E-state index < -0.39 is 0 Å². The number of hydrogen-bond acceptors (Lipinski definition) is 4. The molecule has 2 heterocycles. The molecule has 0 bridgehead atoms. The molecule has 0 aliphatic heterocycles. The van der Waals surface area contributed by atoms with Crippen molar-refractivity contribution in [3.8, 4) is 5.88 Å². The predicted octanol–water partition coefficient (Wildman–Crippen LogP) is 2.98. The second-order valence-corrected chi connectivity index (χ2v) is 5.68. The zero-order valence-electron chi connectivity index (χ0n) is 12.8. The number of carbonyl (C=O) groups is 1. The van der Waals surface area contributed by atoms with Crippen LogP contribution in [0.5, 0.6) is 5.88 Å². The number of ether oxygens (including phenoxy) is 1. The minimum atomic E-state index is 0.141. The maximum Gasteiger partial charge on any atom is 0.237 e. The van der Waals surface area contributed by atoms with Crippen LogP contribution in [0, 0.1) is 12.8 Å². The lowest BCUT2D eigenvalue weighted by atomic mass is 10.0. The third-order valence-electron chi connectivity index (χ3n) is 4.47. The summed E-state index contributed by atoms with van der Waals surface area (Å²) in [5, 5.41) is 0. The molecule has 5 heteroatoms. The first-order valence-electron chi connectivity index (χ1n) is 7.62. The fraction of sp³-hybridized carbons (Fsp3) is 0.562. The van der Waals surface area contributed by atoms with E-state index >= 15 is 0 Å². The number of nitrogens with zero attached hydrogens (tertiary/aromatic N) is 3. The number of hydrogen-bond donors (Lipinski definition) is 0. The van der Waals surface area contributed by atoms with Gasteiger partial charge in [0, 0.05) is 23.4 Å². The Balaban J connectivity index is 2.07. The van der Waals surface area contributed by atoms with Gasteiger partial charge in [-0.1, -0.05) is 19.8 Å². The van der Waals surface area contributed by atoms with Crippen molar-refractivity contribution in [1.82, 2.24) is 14.4 Å². The van der Waals surface area contributed by atoms with Gasteiger partial charge in [-0.25, -0.2) is 4.98 Å². The molecule has 0 amide bonds. The number of ketones is 1. The lowest BCUT2D eigenvalue weighted by molar-refractivity contribution is 0.0918. The van der Waals surface area contributed by atoms with E-state index in [4.69, 9.17) is 4.74 Å². The summed E-state index contributed by atoms with van der Waals surface area (Å²) in [5.74, 6) is 1.45. The Bertz CT molecular complexity index is 684. The lowest BCUT2D eigenvalue weighted by Crippen LogP contribution is -2.11. The van der Waals surface area contributed by atoms with Gasteiger partial charge in [-0.2, -0.15) is 4.98 Å². The third-order valence-corrected chi connectivity index (χ3v) is 4.47. The van der Waals surface area contributed by atoms with Crippen LogP contribution in [0.1, 0.15) is 54.4 Å². The molecule has 0 radical (unpaired) electrons. The first-order chi connectivity index (χ1) is 10.2. The first-order valence-corrected chi connectivity index (χ1v) is 7.62. The monoisotopic (exact) mass is 287 g/mol. The van der Waals surface area contributed by atoms with Crippen LogP contribution < -0.4 is 4.74 Å². The van der Waals surface area contributed by atoms with Crippen LogP contribution >= 0.6 is 0 Å². The number of methoxy groups -OCH3 is 1. The second-order valence-electron chi connectivity index (χ2n) is 5.68. The van der Waals surface area contributed by atoms with E-state index in [-0.39, 0.29) is 11.7 Å². The minimum Gasteiger partial charge on any atom is -0.481 e. The average molecular weight is 287 g/mol. The van der Waals surface area contributed by atoms with Gasteiger partial charge in [0.15, 0.2) is 5.78 Å². The standard InChI is InChI=1S/C16H21N3O2/c1-4-12-10(2)19-9-13(14(20)11-7-5-6-8-11)17-16(19)18-15(12)21-3/h9,11H,4-8H2,1-3H3. The van der Waals surface area contributed by atoms with Crippen molar-refractivity contribution in [3.63, 3.8) is 0 Å². The normalized spacial score (nSPS) is 15.8. The largest absolute Gasteiger partial charge is 0.481 e. The van der Waals surface area contributed by atoms with Gasteiger partial charge < -0.3 is 4.74 Å². The van der Waals surface area contributed by atoms with E-state index in [0.717, 1.165) is 43.4 Å². The number of aryl methyl sites for hydroxylation is 1. The number of Topliss-reactive ketones (excluding diaryl/α,β-unsaturated/α-hetero) is 1. The molecule has 2 aromatic rings. The van der Waals surface area contributed by atoms with E-state index in [2.05, 4.69) is 16.9 Å². The highest BCUT2D eigenvalue weighted by atomic mass is 16.5. The van der Waals surface area contributed by atoms with Crippen LogP contribution in [0.3, 0.4) is 0 Å². The Morgan fingerprint density at radius 1 is 1.38 bits per heavy atom. The van der Waals surface area contributed by atoms with Crippen molar-refractivity contribution in [1.29, 1.82) is 0 Å². The smallest absolute Gasteiger partial charge is 0.237 e. The molecule has 0 N–H and O–H groups in total. The summed E-state index contributed by atoms with van der Waals surface area (Å²) in [6.07, 6.45) is 6.94. The quantitative estimate of drug-likeness (QED) is 0.811. The second kappa shape index (κ2) is 5.47. The van der Waals surface area contributed by atoms with E-state index in [0.29, 0.717) is 17.4 Å². The molecule has 112 valence electrons. The van der Waals surface area contributed by atoms with E-state index in [1.54, 1.807) is 7.11 Å². The first kappa shape index (κ1) is 14.0. The number of imidazole rings is 1. The molecule has 0 aromatic carbocycles. The predicted molar refractivity (Wildman–Crippen MR) is 79.9 cm³/mol. The van der Waals surface area contributed by atoms with Crippen molar-refractivity contribution in [2.24, 2.45) is 5.92 Å². The van der Waals surface area contributed by atoms with Crippen molar-refractivity contribution in [2.45, 2.75) is 46.0 Å². The molecule has 0 atom stereocenters. The molecule has 1 aliphatic carbocycles. The molecular weight excluding hydrogens is 266 g/mol. The summed E-state index contributed by atoms with van der Waals surface area (Å²) in [4.78, 5) is 21.4. The average Bonchev–Trinajstić information content (AvgIpc) is 3.15.